The lowest BCUT2D eigenvalue weighted by molar-refractivity contribution is 1.03. The molecule has 0 heterocycles. The zero-order chi connectivity index (χ0) is 9.14. The molecule has 2 radical (unpaired) electrons. The molecule has 64 valence electrons. The highest BCUT2D eigenvalue weighted by molar-refractivity contribution is 5.44. The Kier molecular flexibility index (Phi) is 2.91. The summed E-state index contributed by atoms with van der Waals surface area (Å²) in [6.45, 7) is 12.3. The second-order valence-electron chi connectivity index (χ2n) is 3.05. The molecule has 1 aromatic carbocycles. The third-order valence-electron chi connectivity index (χ3n) is 2.36. The molecule has 0 bridgehead atoms. The quantitative estimate of drug-likeness (QED) is 0.623. The lowest BCUT2D eigenvalue weighted by Crippen LogP contribution is -1.96. The minimum absolute atomic E-state index is 1.06. The molecule has 0 saturated heterocycles. The number of rotatable bonds is 2. The molecule has 0 nitrogen and oxygen atoms in total. The summed E-state index contributed by atoms with van der Waals surface area (Å²) in [5.41, 5.74) is 4.97. The van der Waals surface area contributed by atoms with Gasteiger partial charge in [0.05, 0.1) is 0 Å². The molecule has 12 heavy (non-hydrogen) atoms. The summed E-state index contributed by atoms with van der Waals surface area (Å²) in [4.78, 5) is 0. The van der Waals surface area contributed by atoms with Gasteiger partial charge in [-0.15, -0.1) is 0 Å². The van der Waals surface area contributed by atoms with E-state index in [1.165, 1.54) is 11.1 Å². The zero-order valence-electron chi connectivity index (χ0n) is 7.98. The van der Waals surface area contributed by atoms with Gasteiger partial charge in [-0.05, 0) is 48.9 Å². The lowest BCUT2D eigenvalue weighted by Gasteiger charge is -2.11. The number of hydrogen-bond donors (Lipinski definition) is 0. The normalized spacial score (nSPS) is 10.3. The van der Waals surface area contributed by atoms with Crippen molar-refractivity contribution in [3.8, 4) is 0 Å². The first-order valence-corrected chi connectivity index (χ1v) is 4.49. The molecule has 1 rings (SSSR count). The fraction of sp³-hybridized carbons (Fsp3) is 0.333. The molecule has 0 aliphatic rings. The van der Waals surface area contributed by atoms with E-state index in [1.807, 2.05) is 0 Å². The SMILES string of the molecule is [CH2]c1ccc(CC)c(CC)c1[CH2]. The summed E-state index contributed by atoms with van der Waals surface area (Å²) in [6.07, 6.45) is 2.15. The maximum Gasteiger partial charge on any atom is -0.0232 e. The Morgan fingerprint density at radius 3 is 2.25 bits per heavy atom. The molecule has 0 amide bonds. The van der Waals surface area contributed by atoms with Crippen LogP contribution in [0, 0.1) is 13.8 Å². The van der Waals surface area contributed by atoms with Gasteiger partial charge < -0.3 is 0 Å². The second-order valence-corrected chi connectivity index (χ2v) is 3.05. The van der Waals surface area contributed by atoms with Crippen LogP contribution in [0.3, 0.4) is 0 Å². The van der Waals surface area contributed by atoms with Crippen molar-refractivity contribution in [1.82, 2.24) is 0 Å². The molecule has 0 saturated carbocycles. The highest BCUT2D eigenvalue weighted by atomic mass is 14.1. The van der Waals surface area contributed by atoms with Gasteiger partial charge >= 0.3 is 0 Å². The first-order valence-electron chi connectivity index (χ1n) is 4.49. The van der Waals surface area contributed by atoms with Gasteiger partial charge in [0.15, 0.2) is 0 Å². The average Bonchev–Trinajstić information content (AvgIpc) is 2.09. The minimum atomic E-state index is 1.06. The summed E-state index contributed by atoms with van der Waals surface area (Å²) in [5.74, 6) is 0. The van der Waals surface area contributed by atoms with Crippen LogP contribution in [0.15, 0.2) is 12.1 Å². The first kappa shape index (κ1) is 9.31. The molecular formula is C12H16. The van der Waals surface area contributed by atoms with E-state index < -0.39 is 0 Å². The van der Waals surface area contributed by atoms with Crippen molar-refractivity contribution in [1.29, 1.82) is 0 Å². The summed E-state index contributed by atoms with van der Waals surface area (Å²) in [7, 11) is 0. The summed E-state index contributed by atoms with van der Waals surface area (Å²) in [6, 6.07) is 4.22. The Balaban J connectivity index is 3.25. The van der Waals surface area contributed by atoms with Crippen LogP contribution < -0.4 is 0 Å². The topological polar surface area (TPSA) is 0 Å². The smallest absolute Gasteiger partial charge is 0.0232 e. The molecule has 0 N–H and O–H groups in total. The molecule has 0 fully saturated rings. The predicted octanol–water partition coefficient (Wildman–Crippen LogP) is 3.18. The molecule has 0 atom stereocenters. The summed E-state index contributed by atoms with van der Waals surface area (Å²) in [5, 5.41) is 0. The van der Waals surface area contributed by atoms with Crippen LogP contribution in [0.2, 0.25) is 0 Å². The Labute approximate surface area is 75.6 Å². The van der Waals surface area contributed by atoms with E-state index in [4.69, 9.17) is 0 Å². The molecule has 0 unspecified atom stereocenters. The minimum Gasteiger partial charge on any atom is -0.0613 e. The Bertz CT molecular complexity index is 272. The first-order chi connectivity index (χ1) is 5.70. The van der Waals surface area contributed by atoms with Gasteiger partial charge in [-0.2, -0.15) is 0 Å². The standard InChI is InChI=1S/C12H16/c1-5-11-8-7-9(3)10(4)12(11)6-2/h7-8H,3-6H2,1-2H3. The van der Waals surface area contributed by atoms with E-state index in [-0.39, 0.29) is 0 Å². The third kappa shape index (κ3) is 1.52. The van der Waals surface area contributed by atoms with Crippen LogP contribution in [0.4, 0.5) is 0 Å². The van der Waals surface area contributed by atoms with Gasteiger partial charge in [-0.25, -0.2) is 0 Å². The third-order valence-corrected chi connectivity index (χ3v) is 2.36. The van der Waals surface area contributed by atoms with E-state index in [1.54, 1.807) is 0 Å². The largest absolute Gasteiger partial charge is 0.0613 e. The summed E-state index contributed by atoms with van der Waals surface area (Å²) >= 11 is 0. The van der Waals surface area contributed by atoms with Crippen molar-refractivity contribution < 1.29 is 0 Å². The van der Waals surface area contributed by atoms with Crippen LogP contribution >= 0.6 is 0 Å². The van der Waals surface area contributed by atoms with Crippen LogP contribution in [0.25, 0.3) is 0 Å². The van der Waals surface area contributed by atoms with Gasteiger partial charge in [-0.1, -0.05) is 26.0 Å². The maximum atomic E-state index is 4.04. The van der Waals surface area contributed by atoms with Gasteiger partial charge in [0.2, 0.25) is 0 Å². The van der Waals surface area contributed by atoms with E-state index in [9.17, 15) is 0 Å². The van der Waals surface area contributed by atoms with Crippen molar-refractivity contribution in [2.24, 2.45) is 0 Å². The van der Waals surface area contributed by atoms with Crippen molar-refractivity contribution in [2.45, 2.75) is 26.7 Å². The fourth-order valence-corrected chi connectivity index (χ4v) is 1.56. The molecule has 0 aromatic heterocycles. The average molecular weight is 160 g/mol. The van der Waals surface area contributed by atoms with E-state index >= 15 is 0 Å². The molecule has 0 aliphatic carbocycles. The Hall–Kier alpha value is -0.780. The highest BCUT2D eigenvalue weighted by Crippen LogP contribution is 2.18. The van der Waals surface area contributed by atoms with E-state index in [0.717, 1.165) is 24.0 Å². The highest BCUT2D eigenvalue weighted by Gasteiger charge is 2.03. The fourth-order valence-electron chi connectivity index (χ4n) is 1.56. The summed E-state index contributed by atoms with van der Waals surface area (Å²) < 4.78 is 0. The van der Waals surface area contributed by atoms with Crippen LogP contribution in [0.1, 0.15) is 36.1 Å². The molecule has 0 aliphatic heterocycles. The maximum absolute atomic E-state index is 4.04. The van der Waals surface area contributed by atoms with Crippen molar-refractivity contribution in [3.05, 3.63) is 48.2 Å². The molecule has 0 spiro atoms. The zero-order valence-corrected chi connectivity index (χ0v) is 7.98. The van der Waals surface area contributed by atoms with Crippen molar-refractivity contribution in [3.63, 3.8) is 0 Å². The van der Waals surface area contributed by atoms with Gasteiger partial charge in [0.1, 0.15) is 0 Å². The van der Waals surface area contributed by atoms with Gasteiger partial charge in [-0.3, -0.25) is 0 Å². The molecular weight excluding hydrogens is 144 g/mol. The van der Waals surface area contributed by atoms with Crippen molar-refractivity contribution >= 4 is 0 Å². The van der Waals surface area contributed by atoms with E-state index in [2.05, 4.69) is 39.8 Å². The Morgan fingerprint density at radius 2 is 1.75 bits per heavy atom. The monoisotopic (exact) mass is 160 g/mol. The number of benzene rings is 1. The second kappa shape index (κ2) is 3.75. The predicted molar refractivity (Wildman–Crippen MR) is 54.1 cm³/mol. The van der Waals surface area contributed by atoms with Gasteiger partial charge in [0.25, 0.3) is 0 Å². The van der Waals surface area contributed by atoms with Gasteiger partial charge in [0, 0.05) is 0 Å². The lowest BCUT2D eigenvalue weighted by atomic mass is 9.95. The number of hydrogen-bond acceptors (Lipinski definition) is 0. The molecule has 1 aromatic rings. The van der Waals surface area contributed by atoms with E-state index in [0.29, 0.717) is 0 Å². The van der Waals surface area contributed by atoms with Crippen LogP contribution in [-0.4, -0.2) is 0 Å². The Morgan fingerprint density at radius 1 is 1.08 bits per heavy atom. The molecule has 0 heteroatoms. The van der Waals surface area contributed by atoms with Crippen molar-refractivity contribution in [2.75, 3.05) is 0 Å². The van der Waals surface area contributed by atoms with Crippen LogP contribution in [0.5, 0.6) is 0 Å². The number of aryl methyl sites for hydroxylation is 1. The van der Waals surface area contributed by atoms with Crippen LogP contribution in [-0.2, 0) is 12.8 Å².